The second-order valence-electron chi connectivity index (χ2n) is 7.19. The Morgan fingerprint density at radius 2 is 1.62 bits per heavy atom. The lowest BCUT2D eigenvalue weighted by Crippen LogP contribution is -2.28. The van der Waals surface area contributed by atoms with Crippen LogP contribution in [0.5, 0.6) is 0 Å². The van der Waals surface area contributed by atoms with E-state index in [1.54, 1.807) is 0 Å². The maximum absolute atomic E-state index is 6.19. The second-order valence-corrected chi connectivity index (χ2v) is 7.19. The number of benzene rings is 2. The van der Waals surface area contributed by atoms with E-state index in [1.165, 1.54) is 5.56 Å². The Kier molecular flexibility index (Phi) is 4.24. The standard InChI is InChI=1S/C21H24N4O/c1-14(2)25-21-18-11-7-8-12-19(18)24(26-15(3)4)13-16-9-5-6-10-17(16)20(21)22-23-25/h5-12,14-15H,13H2,1-4H3. The molecule has 134 valence electrons. The van der Waals surface area contributed by atoms with Crippen LogP contribution in [0.15, 0.2) is 48.5 Å². The summed E-state index contributed by atoms with van der Waals surface area (Å²) < 4.78 is 2.00. The van der Waals surface area contributed by atoms with E-state index >= 15 is 0 Å². The number of hydrogen-bond acceptors (Lipinski definition) is 4. The zero-order chi connectivity index (χ0) is 18.3. The zero-order valence-corrected chi connectivity index (χ0v) is 15.7. The molecule has 0 spiro atoms. The summed E-state index contributed by atoms with van der Waals surface area (Å²) >= 11 is 0. The van der Waals surface area contributed by atoms with Gasteiger partial charge in [-0.2, -0.15) is 0 Å². The van der Waals surface area contributed by atoms with Crippen LogP contribution in [0.1, 0.15) is 39.3 Å². The Balaban J connectivity index is 2.04. The first kappa shape index (κ1) is 16.8. The average Bonchev–Trinajstić information content (AvgIpc) is 3.05. The molecular formula is C21H24N4O. The molecule has 0 saturated carbocycles. The van der Waals surface area contributed by atoms with Gasteiger partial charge in [-0.25, -0.2) is 9.75 Å². The van der Waals surface area contributed by atoms with Gasteiger partial charge in [0, 0.05) is 17.2 Å². The highest BCUT2D eigenvalue weighted by Crippen LogP contribution is 2.41. The lowest BCUT2D eigenvalue weighted by Gasteiger charge is -2.30. The molecule has 0 amide bonds. The minimum Gasteiger partial charge on any atom is -0.270 e. The lowest BCUT2D eigenvalue weighted by molar-refractivity contribution is 0.0528. The molecule has 0 unspecified atom stereocenters. The molecule has 26 heavy (non-hydrogen) atoms. The third kappa shape index (κ3) is 2.78. The molecular weight excluding hydrogens is 324 g/mol. The maximum Gasteiger partial charge on any atom is 0.121 e. The summed E-state index contributed by atoms with van der Waals surface area (Å²) in [5, 5.41) is 11.0. The van der Waals surface area contributed by atoms with Crippen molar-refractivity contribution in [2.75, 3.05) is 5.06 Å². The quantitative estimate of drug-likeness (QED) is 0.678. The number of para-hydroxylation sites is 1. The molecule has 1 aliphatic rings. The summed E-state index contributed by atoms with van der Waals surface area (Å²) in [6.07, 6.45) is 0.0854. The number of anilines is 1. The Morgan fingerprint density at radius 3 is 2.35 bits per heavy atom. The van der Waals surface area contributed by atoms with E-state index in [0.29, 0.717) is 6.54 Å². The SMILES string of the molecule is CC(C)ON1Cc2ccccc2-c2nnn(C(C)C)c2-c2ccccc21. The fourth-order valence-corrected chi connectivity index (χ4v) is 3.46. The van der Waals surface area contributed by atoms with Gasteiger partial charge in [0.25, 0.3) is 0 Å². The Bertz CT molecular complexity index is 929. The highest BCUT2D eigenvalue weighted by molar-refractivity contribution is 5.87. The molecule has 1 aromatic heterocycles. The molecule has 0 fully saturated rings. The fraction of sp³-hybridized carbons (Fsp3) is 0.333. The molecule has 2 heterocycles. The molecule has 0 aliphatic carbocycles. The van der Waals surface area contributed by atoms with Crippen LogP contribution < -0.4 is 5.06 Å². The zero-order valence-electron chi connectivity index (χ0n) is 15.7. The van der Waals surface area contributed by atoms with Crippen LogP contribution in [-0.2, 0) is 11.4 Å². The van der Waals surface area contributed by atoms with Gasteiger partial charge in [0.2, 0.25) is 0 Å². The van der Waals surface area contributed by atoms with E-state index < -0.39 is 0 Å². The Morgan fingerprint density at radius 1 is 0.923 bits per heavy atom. The highest BCUT2D eigenvalue weighted by atomic mass is 16.7. The lowest BCUT2D eigenvalue weighted by atomic mass is 9.96. The van der Waals surface area contributed by atoms with Gasteiger partial charge in [0.15, 0.2) is 0 Å². The van der Waals surface area contributed by atoms with Gasteiger partial charge >= 0.3 is 0 Å². The van der Waals surface area contributed by atoms with Gasteiger partial charge in [-0.3, -0.25) is 4.84 Å². The van der Waals surface area contributed by atoms with Crippen LogP contribution in [0.3, 0.4) is 0 Å². The van der Waals surface area contributed by atoms with E-state index in [2.05, 4.69) is 80.5 Å². The molecule has 2 aromatic carbocycles. The number of rotatable bonds is 3. The van der Waals surface area contributed by atoms with E-state index in [9.17, 15) is 0 Å². The predicted octanol–water partition coefficient (Wildman–Crippen LogP) is 4.85. The number of fused-ring (bicyclic) bond motifs is 5. The number of hydroxylamine groups is 1. The Labute approximate surface area is 154 Å². The number of aromatic nitrogens is 3. The molecule has 4 rings (SSSR count). The van der Waals surface area contributed by atoms with E-state index in [4.69, 9.17) is 4.84 Å². The van der Waals surface area contributed by atoms with Crippen LogP contribution in [-0.4, -0.2) is 21.1 Å². The van der Waals surface area contributed by atoms with Gasteiger partial charge in [0.1, 0.15) is 5.69 Å². The summed E-state index contributed by atoms with van der Waals surface area (Å²) in [7, 11) is 0. The molecule has 5 heteroatoms. The third-order valence-corrected chi connectivity index (χ3v) is 4.54. The average molecular weight is 348 g/mol. The van der Waals surface area contributed by atoms with Crippen molar-refractivity contribution in [1.82, 2.24) is 15.0 Å². The van der Waals surface area contributed by atoms with Gasteiger partial charge in [0.05, 0.1) is 24.0 Å². The first-order valence-electron chi connectivity index (χ1n) is 9.13. The van der Waals surface area contributed by atoms with Gasteiger partial charge < -0.3 is 0 Å². The molecule has 0 radical (unpaired) electrons. The van der Waals surface area contributed by atoms with Gasteiger partial charge in [-0.05, 0) is 39.3 Å². The van der Waals surface area contributed by atoms with E-state index in [-0.39, 0.29) is 12.1 Å². The van der Waals surface area contributed by atoms with E-state index in [0.717, 1.165) is 28.2 Å². The first-order valence-corrected chi connectivity index (χ1v) is 9.13. The molecule has 5 nitrogen and oxygen atoms in total. The van der Waals surface area contributed by atoms with E-state index in [1.807, 2.05) is 15.8 Å². The summed E-state index contributed by atoms with van der Waals surface area (Å²) in [5.41, 5.74) is 6.41. The Hall–Kier alpha value is -2.66. The molecule has 1 aliphatic heterocycles. The van der Waals surface area contributed by atoms with Crippen molar-refractivity contribution in [2.45, 2.75) is 46.4 Å². The van der Waals surface area contributed by atoms with Crippen molar-refractivity contribution in [3.05, 3.63) is 54.1 Å². The summed E-state index contributed by atoms with van der Waals surface area (Å²) in [4.78, 5) is 6.19. The summed E-state index contributed by atoms with van der Waals surface area (Å²) in [6, 6.07) is 16.9. The minimum absolute atomic E-state index is 0.0854. The third-order valence-electron chi connectivity index (χ3n) is 4.54. The van der Waals surface area contributed by atoms with Crippen molar-refractivity contribution in [1.29, 1.82) is 0 Å². The number of hydrogen-bond donors (Lipinski definition) is 0. The largest absolute Gasteiger partial charge is 0.270 e. The highest BCUT2D eigenvalue weighted by Gasteiger charge is 2.27. The van der Waals surface area contributed by atoms with Crippen molar-refractivity contribution in [3.63, 3.8) is 0 Å². The van der Waals surface area contributed by atoms with Crippen molar-refractivity contribution >= 4 is 5.69 Å². The van der Waals surface area contributed by atoms with Crippen LogP contribution in [0.4, 0.5) is 5.69 Å². The maximum atomic E-state index is 6.19. The first-order chi connectivity index (χ1) is 12.6. The topological polar surface area (TPSA) is 43.2 Å². The smallest absolute Gasteiger partial charge is 0.121 e. The van der Waals surface area contributed by atoms with Crippen LogP contribution in [0.25, 0.3) is 22.5 Å². The van der Waals surface area contributed by atoms with Crippen LogP contribution in [0.2, 0.25) is 0 Å². The second kappa shape index (κ2) is 6.57. The predicted molar refractivity (Wildman–Crippen MR) is 104 cm³/mol. The van der Waals surface area contributed by atoms with Gasteiger partial charge in [-0.15, -0.1) is 5.10 Å². The summed E-state index contributed by atoms with van der Waals surface area (Å²) in [6.45, 7) is 9.03. The van der Waals surface area contributed by atoms with Crippen molar-refractivity contribution in [3.8, 4) is 22.5 Å². The van der Waals surface area contributed by atoms with Crippen molar-refractivity contribution < 1.29 is 4.84 Å². The minimum atomic E-state index is 0.0854. The molecule has 0 N–H and O–H groups in total. The summed E-state index contributed by atoms with van der Waals surface area (Å²) in [5.74, 6) is 0. The normalized spacial score (nSPS) is 13.2. The fourth-order valence-electron chi connectivity index (χ4n) is 3.46. The molecule has 0 atom stereocenters. The van der Waals surface area contributed by atoms with Crippen LogP contribution >= 0.6 is 0 Å². The number of nitrogens with zero attached hydrogens (tertiary/aromatic N) is 4. The molecule has 3 aromatic rings. The van der Waals surface area contributed by atoms with Gasteiger partial charge in [-0.1, -0.05) is 47.7 Å². The molecule has 0 bridgehead atoms. The monoisotopic (exact) mass is 348 g/mol. The molecule has 0 saturated heterocycles. The van der Waals surface area contributed by atoms with Crippen LogP contribution in [0, 0.1) is 0 Å². The van der Waals surface area contributed by atoms with Crippen molar-refractivity contribution in [2.24, 2.45) is 0 Å².